The van der Waals surface area contributed by atoms with E-state index in [2.05, 4.69) is 21.3 Å². The van der Waals surface area contributed by atoms with Crippen LogP contribution in [0.1, 0.15) is 44.9 Å². The molecule has 0 aromatic rings. The summed E-state index contributed by atoms with van der Waals surface area (Å²) in [6.45, 7) is 0.633. The summed E-state index contributed by atoms with van der Waals surface area (Å²) in [5.74, 6) is 0.715. The second-order valence-corrected chi connectivity index (χ2v) is 8.23. The van der Waals surface area contributed by atoms with E-state index in [1.165, 1.54) is 0 Å². The molecule has 0 spiro atoms. The van der Waals surface area contributed by atoms with Crippen LogP contribution in [-0.2, 0) is 9.59 Å². The van der Waals surface area contributed by atoms with Crippen molar-refractivity contribution < 1.29 is 14.4 Å². The fourth-order valence-corrected chi connectivity index (χ4v) is 5.04. The monoisotopic (exact) mass is 385 g/mol. The number of nitrogens with two attached hydrogens (primary N) is 1. The van der Waals surface area contributed by atoms with E-state index in [1.807, 2.05) is 11.8 Å². The van der Waals surface area contributed by atoms with Crippen LogP contribution in [0.5, 0.6) is 0 Å². The van der Waals surface area contributed by atoms with Crippen LogP contribution in [0.4, 0.5) is 4.79 Å². The van der Waals surface area contributed by atoms with Gasteiger partial charge in [0.15, 0.2) is 0 Å². The van der Waals surface area contributed by atoms with E-state index in [0.29, 0.717) is 24.6 Å². The minimum Gasteiger partial charge on any atom is -0.368 e. The first-order valence-corrected chi connectivity index (χ1v) is 10.5. The molecule has 2 aliphatic heterocycles. The molecule has 0 aromatic heterocycles. The van der Waals surface area contributed by atoms with Gasteiger partial charge in [0.25, 0.3) is 0 Å². The van der Waals surface area contributed by atoms with Gasteiger partial charge >= 0.3 is 6.03 Å². The van der Waals surface area contributed by atoms with Crippen LogP contribution in [-0.4, -0.2) is 60.6 Å². The Balaban J connectivity index is 1.47. The summed E-state index contributed by atoms with van der Waals surface area (Å²) in [4.78, 5) is 34.3. The molecule has 2 rings (SSSR count). The molecular formula is C17H31N5O3S. The van der Waals surface area contributed by atoms with Gasteiger partial charge in [-0.2, -0.15) is 11.8 Å². The fourth-order valence-electron chi connectivity index (χ4n) is 3.49. The zero-order valence-electron chi connectivity index (χ0n) is 15.4. The lowest BCUT2D eigenvalue weighted by atomic mass is 10.0. The fraction of sp³-hybridized carbons (Fsp3) is 0.824. The number of amides is 4. The predicted molar refractivity (Wildman–Crippen MR) is 103 cm³/mol. The van der Waals surface area contributed by atoms with E-state index in [-0.39, 0.29) is 36.0 Å². The van der Waals surface area contributed by atoms with Crippen LogP contribution in [0.2, 0.25) is 0 Å². The molecule has 9 heteroatoms. The molecule has 4 atom stereocenters. The Morgan fingerprint density at radius 2 is 2.08 bits per heavy atom. The van der Waals surface area contributed by atoms with E-state index in [9.17, 15) is 14.4 Å². The Morgan fingerprint density at radius 1 is 1.27 bits per heavy atom. The van der Waals surface area contributed by atoms with Crippen molar-refractivity contribution in [3.8, 4) is 0 Å². The number of unbranched alkanes of at least 4 members (excludes halogenated alkanes) is 2. The Bertz CT molecular complexity index is 505. The van der Waals surface area contributed by atoms with E-state index in [1.54, 1.807) is 7.05 Å². The largest absolute Gasteiger partial charge is 0.368 e. The maximum absolute atomic E-state index is 11.9. The number of likely N-dealkylation sites (N-methyl/N-ethyl adjacent to an activating group) is 1. The zero-order valence-corrected chi connectivity index (χ0v) is 16.2. The van der Waals surface area contributed by atoms with Gasteiger partial charge in [0.1, 0.15) is 0 Å². The third-order valence-corrected chi connectivity index (χ3v) is 6.52. The molecule has 0 radical (unpaired) electrons. The van der Waals surface area contributed by atoms with Gasteiger partial charge in [-0.25, -0.2) is 4.79 Å². The molecule has 2 saturated heterocycles. The van der Waals surface area contributed by atoms with Gasteiger partial charge < -0.3 is 27.0 Å². The minimum atomic E-state index is -0.337. The molecule has 0 aromatic carbocycles. The smallest absolute Gasteiger partial charge is 0.315 e. The molecule has 0 saturated carbocycles. The highest BCUT2D eigenvalue weighted by Crippen LogP contribution is 2.33. The average molecular weight is 386 g/mol. The Morgan fingerprint density at radius 3 is 2.81 bits per heavy atom. The molecule has 2 heterocycles. The van der Waals surface area contributed by atoms with Crippen molar-refractivity contribution in [2.45, 2.75) is 68.3 Å². The van der Waals surface area contributed by atoms with Crippen molar-refractivity contribution in [3.63, 3.8) is 0 Å². The predicted octanol–water partition coefficient (Wildman–Crippen LogP) is 0.0720. The van der Waals surface area contributed by atoms with Gasteiger partial charge in [-0.1, -0.05) is 6.42 Å². The van der Waals surface area contributed by atoms with E-state index >= 15 is 0 Å². The lowest BCUT2D eigenvalue weighted by molar-refractivity contribution is -0.121. The summed E-state index contributed by atoms with van der Waals surface area (Å²) in [5, 5.41) is 12.2. The van der Waals surface area contributed by atoms with Crippen LogP contribution in [0, 0.1) is 0 Å². The molecule has 2 fully saturated rings. The quantitative estimate of drug-likeness (QED) is 0.240. The molecule has 26 heavy (non-hydrogen) atoms. The Kier molecular flexibility index (Phi) is 8.50. The molecule has 1 unspecified atom stereocenters. The minimum absolute atomic E-state index is 0.0541. The molecule has 4 amide bonds. The number of fused-ring (bicyclic) bond motifs is 1. The highest BCUT2D eigenvalue weighted by Gasteiger charge is 2.42. The van der Waals surface area contributed by atoms with E-state index in [0.717, 1.165) is 37.9 Å². The molecule has 148 valence electrons. The standard InChI is InChI=1S/C17H31N5O3S/c1-19-11(16(18)24)6-4-5-9-20-14(23)8-3-2-7-13-15-12(10-26-13)21-17(25)22-15/h11-13,15,19H,2-10H2,1H3,(H2,18,24)(H,20,23)(H2,21,22,25)/t11-,12-,13?,15-/m0/s1. The highest BCUT2D eigenvalue weighted by atomic mass is 32.2. The molecule has 0 bridgehead atoms. The van der Waals surface area contributed by atoms with Gasteiger partial charge in [0, 0.05) is 24.0 Å². The third kappa shape index (κ3) is 6.35. The molecule has 2 aliphatic rings. The molecule has 6 N–H and O–H groups in total. The van der Waals surface area contributed by atoms with Gasteiger partial charge in [0.2, 0.25) is 11.8 Å². The first kappa shape index (κ1) is 20.8. The second-order valence-electron chi connectivity index (χ2n) is 6.96. The van der Waals surface area contributed by atoms with Crippen LogP contribution < -0.4 is 27.0 Å². The number of thioether (sulfide) groups is 1. The van der Waals surface area contributed by atoms with Gasteiger partial charge in [-0.05, 0) is 39.2 Å². The summed E-state index contributed by atoms with van der Waals surface area (Å²) < 4.78 is 0. The SMILES string of the molecule is CN[C@@H](CCCCNC(=O)CCCCC1SC[C@@H]2NC(=O)N[C@H]12)C(N)=O. The topological polar surface area (TPSA) is 125 Å². The first-order chi connectivity index (χ1) is 12.5. The Labute approximate surface area is 159 Å². The highest BCUT2D eigenvalue weighted by molar-refractivity contribution is 8.00. The summed E-state index contributed by atoms with van der Waals surface area (Å²) >= 11 is 1.90. The lowest BCUT2D eigenvalue weighted by Crippen LogP contribution is -2.39. The summed E-state index contributed by atoms with van der Waals surface area (Å²) in [6.07, 6.45) is 5.80. The van der Waals surface area contributed by atoms with E-state index in [4.69, 9.17) is 5.73 Å². The summed E-state index contributed by atoms with van der Waals surface area (Å²) in [6, 6.07) is 0.154. The van der Waals surface area contributed by atoms with Gasteiger partial charge in [-0.3, -0.25) is 9.59 Å². The van der Waals surface area contributed by atoms with E-state index < -0.39 is 0 Å². The number of carbonyl (C=O) groups excluding carboxylic acids is 3. The second kappa shape index (κ2) is 10.6. The van der Waals surface area contributed by atoms with Crippen LogP contribution >= 0.6 is 11.8 Å². The Hall–Kier alpha value is -1.48. The normalized spacial score (nSPS) is 25.3. The lowest BCUT2D eigenvalue weighted by Gasteiger charge is -2.16. The molecule has 8 nitrogen and oxygen atoms in total. The first-order valence-electron chi connectivity index (χ1n) is 9.43. The van der Waals surface area contributed by atoms with Crippen molar-refractivity contribution in [1.29, 1.82) is 0 Å². The molecule has 0 aliphatic carbocycles. The third-order valence-electron chi connectivity index (χ3n) is 5.01. The number of hydrogen-bond acceptors (Lipinski definition) is 5. The van der Waals surface area contributed by atoms with Crippen molar-refractivity contribution in [2.75, 3.05) is 19.3 Å². The van der Waals surface area contributed by atoms with Crippen LogP contribution in [0.3, 0.4) is 0 Å². The summed E-state index contributed by atoms with van der Waals surface area (Å²) in [5.41, 5.74) is 5.26. The maximum atomic E-state index is 11.9. The van der Waals surface area contributed by atoms with Gasteiger partial charge in [-0.15, -0.1) is 0 Å². The number of primary amides is 1. The molecular weight excluding hydrogens is 354 g/mol. The van der Waals surface area contributed by atoms with Gasteiger partial charge in [0.05, 0.1) is 18.1 Å². The summed E-state index contributed by atoms with van der Waals surface area (Å²) in [7, 11) is 1.72. The number of carbonyl (C=O) groups is 3. The van der Waals surface area contributed by atoms with Crippen LogP contribution in [0.15, 0.2) is 0 Å². The number of urea groups is 1. The van der Waals surface area contributed by atoms with Crippen molar-refractivity contribution in [1.82, 2.24) is 21.3 Å². The average Bonchev–Trinajstić information content (AvgIpc) is 3.14. The number of nitrogens with one attached hydrogen (secondary N) is 4. The number of rotatable bonds is 12. The zero-order chi connectivity index (χ0) is 18.9. The maximum Gasteiger partial charge on any atom is 0.315 e. The number of hydrogen-bond donors (Lipinski definition) is 5. The van der Waals surface area contributed by atoms with Crippen molar-refractivity contribution in [2.24, 2.45) is 5.73 Å². The van der Waals surface area contributed by atoms with Crippen LogP contribution in [0.25, 0.3) is 0 Å². The van der Waals surface area contributed by atoms with Crippen molar-refractivity contribution in [3.05, 3.63) is 0 Å². The van der Waals surface area contributed by atoms with Crippen molar-refractivity contribution >= 4 is 29.6 Å².